The van der Waals surface area contributed by atoms with E-state index in [2.05, 4.69) is 5.32 Å². The van der Waals surface area contributed by atoms with E-state index in [0.29, 0.717) is 18.3 Å². The van der Waals surface area contributed by atoms with Crippen molar-refractivity contribution >= 4 is 12.0 Å². The van der Waals surface area contributed by atoms with E-state index in [4.69, 9.17) is 5.11 Å². The number of amides is 2. The van der Waals surface area contributed by atoms with Crippen LogP contribution in [-0.4, -0.2) is 41.1 Å². The lowest BCUT2D eigenvalue weighted by Gasteiger charge is -2.48. The SMILES string of the molecule is O=C(O)C1CCC(NC(=O)N2CC3(CCCC3)C2)CC1. The van der Waals surface area contributed by atoms with Gasteiger partial charge in [-0.25, -0.2) is 4.79 Å². The second kappa shape index (κ2) is 5.26. The number of rotatable bonds is 2. The molecule has 0 radical (unpaired) electrons. The number of carbonyl (C=O) groups excluding carboxylic acids is 1. The Balaban J connectivity index is 1.41. The minimum Gasteiger partial charge on any atom is -0.481 e. The Hall–Kier alpha value is -1.26. The van der Waals surface area contributed by atoms with Crippen LogP contribution in [-0.2, 0) is 4.79 Å². The monoisotopic (exact) mass is 280 g/mol. The molecule has 0 unspecified atom stereocenters. The van der Waals surface area contributed by atoms with Gasteiger partial charge in [0.05, 0.1) is 5.92 Å². The van der Waals surface area contributed by atoms with Gasteiger partial charge in [-0.2, -0.15) is 0 Å². The third kappa shape index (κ3) is 2.63. The first kappa shape index (κ1) is 13.7. The number of likely N-dealkylation sites (tertiary alicyclic amines) is 1. The standard InChI is InChI=1S/C15H24N2O3/c18-13(19)11-3-5-12(6-4-11)16-14(20)17-9-15(10-17)7-1-2-8-15/h11-12H,1-10H2,(H,16,20)(H,18,19). The molecule has 0 atom stereocenters. The van der Waals surface area contributed by atoms with Crippen molar-refractivity contribution in [3.8, 4) is 0 Å². The van der Waals surface area contributed by atoms with Gasteiger partial charge >= 0.3 is 12.0 Å². The molecular weight excluding hydrogens is 256 g/mol. The van der Waals surface area contributed by atoms with Gasteiger partial charge in [-0.15, -0.1) is 0 Å². The Kier molecular flexibility index (Phi) is 3.61. The molecule has 2 N–H and O–H groups in total. The summed E-state index contributed by atoms with van der Waals surface area (Å²) in [5.74, 6) is -0.908. The normalized spacial score (nSPS) is 31.9. The second-order valence-corrected chi connectivity index (χ2v) is 6.90. The van der Waals surface area contributed by atoms with Crippen LogP contribution >= 0.6 is 0 Å². The fourth-order valence-electron chi connectivity index (χ4n) is 4.10. The van der Waals surface area contributed by atoms with Crippen molar-refractivity contribution in [3.05, 3.63) is 0 Å². The molecule has 3 fully saturated rings. The Morgan fingerprint density at radius 1 is 1.05 bits per heavy atom. The molecule has 1 saturated heterocycles. The van der Waals surface area contributed by atoms with Gasteiger partial charge in [0.15, 0.2) is 0 Å². The summed E-state index contributed by atoms with van der Waals surface area (Å²) >= 11 is 0. The van der Waals surface area contributed by atoms with Crippen molar-refractivity contribution in [1.82, 2.24) is 10.2 Å². The van der Waals surface area contributed by atoms with Crippen LogP contribution in [0.1, 0.15) is 51.4 Å². The van der Waals surface area contributed by atoms with Crippen LogP contribution in [0.25, 0.3) is 0 Å². The lowest BCUT2D eigenvalue weighted by atomic mass is 9.78. The van der Waals surface area contributed by atoms with E-state index in [-0.39, 0.29) is 18.0 Å². The number of nitrogens with zero attached hydrogens (tertiary/aromatic N) is 1. The predicted octanol–water partition coefficient (Wildman–Crippen LogP) is 2.22. The molecule has 2 amide bonds. The summed E-state index contributed by atoms with van der Waals surface area (Å²) in [7, 11) is 0. The molecule has 20 heavy (non-hydrogen) atoms. The zero-order chi connectivity index (χ0) is 14.2. The maximum absolute atomic E-state index is 12.1. The molecule has 5 heteroatoms. The van der Waals surface area contributed by atoms with Crippen molar-refractivity contribution in [3.63, 3.8) is 0 Å². The fraction of sp³-hybridized carbons (Fsp3) is 0.867. The van der Waals surface area contributed by atoms with Crippen LogP contribution in [0.4, 0.5) is 4.79 Å². The topological polar surface area (TPSA) is 69.6 Å². The molecule has 2 saturated carbocycles. The molecule has 0 aromatic rings. The van der Waals surface area contributed by atoms with E-state index in [9.17, 15) is 9.59 Å². The quantitative estimate of drug-likeness (QED) is 0.815. The smallest absolute Gasteiger partial charge is 0.317 e. The highest BCUT2D eigenvalue weighted by molar-refractivity contribution is 5.76. The number of carbonyl (C=O) groups is 2. The van der Waals surface area contributed by atoms with Gasteiger partial charge in [-0.05, 0) is 38.5 Å². The molecule has 0 aromatic carbocycles. The summed E-state index contributed by atoms with van der Waals surface area (Å²) in [6, 6.07) is 0.222. The average Bonchev–Trinajstić information content (AvgIpc) is 2.87. The van der Waals surface area contributed by atoms with E-state index in [0.717, 1.165) is 25.9 Å². The zero-order valence-electron chi connectivity index (χ0n) is 11.9. The molecule has 1 spiro atoms. The molecule has 1 heterocycles. The minimum absolute atomic E-state index is 0.0568. The third-order valence-corrected chi connectivity index (χ3v) is 5.41. The Bertz CT molecular complexity index is 388. The first-order chi connectivity index (χ1) is 9.58. The first-order valence-electron chi connectivity index (χ1n) is 7.86. The molecule has 0 aromatic heterocycles. The van der Waals surface area contributed by atoms with E-state index < -0.39 is 5.97 Å². The first-order valence-corrected chi connectivity index (χ1v) is 7.86. The van der Waals surface area contributed by atoms with Gasteiger partial charge in [0.1, 0.15) is 0 Å². The highest BCUT2D eigenvalue weighted by Gasteiger charge is 2.46. The van der Waals surface area contributed by atoms with E-state index in [1.54, 1.807) is 0 Å². The Labute approximate surface area is 119 Å². The maximum Gasteiger partial charge on any atom is 0.317 e. The van der Waals surface area contributed by atoms with Gasteiger partial charge in [0.2, 0.25) is 0 Å². The van der Waals surface area contributed by atoms with Gasteiger partial charge in [0.25, 0.3) is 0 Å². The Morgan fingerprint density at radius 3 is 2.20 bits per heavy atom. The zero-order valence-corrected chi connectivity index (χ0v) is 11.9. The van der Waals surface area contributed by atoms with E-state index in [1.165, 1.54) is 25.7 Å². The largest absolute Gasteiger partial charge is 0.481 e. The molecule has 112 valence electrons. The van der Waals surface area contributed by atoms with Crippen LogP contribution in [0.15, 0.2) is 0 Å². The van der Waals surface area contributed by atoms with Crippen LogP contribution in [0.3, 0.4) is 0 Å². The average molecular weight is 280 g/mol. The maximum atomic E-state index is 12.1. The molecule has 3 rings (SSSR count). The number of carboxylic acid groups (broad SMARTS) is 1. The van der Waals surface area contributed by atoms with E-state index >= 15 is 0 Å². The summed E-state index contributed by atoms with van der Waals surface area (Å²) in [5.41, 5.74) is 0.443. The second-order valence-electron chi connectivity index (χ2n) is 6.90. The summed E-state index contributed by atoms with van der Waals surface area (Å²) in [4.78, 5) is 25.0. The van der Waals surface area contributed by atoms with Crippen LogP contribution in [0.5, 0.6) is 0 Å². The van der Waals surface area contributed by atoms with Gasteiger partial charge in [-0.1, -0.05) is 12.8 Å². The summed E-state index contributed by atoms with van der Waals surface area (Å²) in [6.45, 7) is 1.84. The molecule has 1 aliphatic heterocycles. The van der Waals surface area contributed by atoms with E-state index in [1.807, 2.05) is 4.90 Å². The molecule has 0 bridgehead atoms. The Morgan fingerprint density at radius 2 is 1.65 bits per heavy atom. The van der Waals surface area contributed by atoms with Crippen molar-refractivity contribution in [1.29, 1.82) is 0 Å². The van der Waals surface area contributed by atoms with Crippen molar-refractivity contribution in [2.24, 2.45) is 11.3 Å². The van der Waals surface area contributed by atoms with Crippen molar-refractivity contribution < 1.29 is 14.7 Å². The molecular formula is C15H24N2O3. The number of urea groups is 1. The van der Waals surface area contributed by atoms with Crippen LogP contribution in [0, 0.1) is 11.3 Å². The molecule has 3 aliphatic rings. The molecule has 2 aliphatic carbocycles. The number of hydrogen-bond acceptors (Lipinski definition) is 2. The molecule has 5 nitrogen and oxygen atoms in total. The predicted molar refractivity (Wildman–Crippen MR) is 74.4 cm³/mol. The number of carboxylic acids is 1. The van der Waals surface area contributed by atoms with Crippen LogP contribution < -0.4 is 5.32 Å². The van der Waals surface area contributed by atoms with Crippen molar-refractivity contribution in [2.75, 3.05) is 13.1 Å². The minimum atomic E-state index is -0.694. The van der Waals surface area contributed by atoms with Crippen LogP contribution in [0.2, 0.25) is 0 Å². The summed E-state index contributed by atoms with van der Waals surface area (Å²) in [5, 5.41) is 12.0. The summed E-state index contributed by atoms with van der Waals surface area (Å²) in [6.07, 6.45) is 8.14. The van der Waals surface area contributed by atoms with Gasteiger partial charge in [0, 0.05) is 24.5 Å². The highest BCUT2D eigenvalue weighted by Crippen LogP contribution is 2.45. The van der Waals surface area contributed by atoms with Crippen molar-refractivity contribution in [2.45, 2.75) is 57.4 Å². The lowest BCUT2D eigenvalue weighted by molar-refractivity contribution is -0.142. The number of hydrogen-bond donors (Lipinski definition) is 2. The number of aliphatic carboxylic acids is 1. The lowest BCUT2D eigenvalue weighted by Crippen LogP contribution is -2.61. The number of nitrogens with one attached hydrogen (secondary N) is 1. The fourth-order valence-corrected chi connectivity index (χ4v) is 4.10. The summed E-state index contributed by atoms with van der Waals surface area (Å²) < 4.78 is 0. The van der Waals surface area contributed by atoms with Gasteiger partial charge in [-0.3, -0.25) is 4.79 Å². The highest BCUT2D eigenvalue weighted by atomic mass is 16.4. The van der Waals surface area contributed by atoms with Gasteiger partial charge < -0.3 is 15.3 Å². The third-order valence-electron chi connectivity index (χ3n) is 5.41.